The summed E-state index contributed by atoms with van der Waals surface area (Å²) in [4.78, 5) is 2.52. The maximum atomic E-state index is 5.76. The van der Waals surface area contributed by atoms with Crippen molar-refractivity contribution in [2.24, 2.45) is 0 Å². The van der Waals surface area contributed by atoms with E-state index in [1.165, 1.54) is 30.2 Å². The lowest BCUT2D eigenvalue weighted by Crippen LogP contribution is -2.32. The van der Waals surface area contributed by atoms with Crippen molar-refractivity contribution in [3.63, 3.8) is 0 Å². The Morgan fingerprint density at radius 2 is 2.18 bits per heavy atom. The van der Waals surface area contributed by atoms with Gasteiger partial charge in [-0.1, -0.05) is 6.92 Å². The van der Waals surface area contributed by atoms with Crippen LogP contribution in [0.15, 0.2) is 10.5 Å². The summed E-state index contributed by atoms with van der Waals surface area (Å²) >= 11 is 2.05. The number of nitrogens with one attached hydrogen (secondary N) is 1. The minimum absolute atomic E-state index is 0.840. The lowest BCUT2D eigenvalue weighted by Gasteiger charge is -2.25. The van der Waals surface area contributed by atoms with E-state index in [-0.39, 0.29) is 0 Å². The summed E-state index contributed by atoms with van der Waals surface area (Å²) in [5.41, 5.74) is 1.35. The van der Waals surface area contributed by atoms with Crippen LogP contribution in [-0.4, -0.2) is 36.0 Å². The molecule has 1 aromatic heterocycles. The zero-order valence-corrected chi connectivity index (χ0v) is 11.6. The molecule has 0 radical (unpaired) electrons. The van der Waals surface area contributed by atoms with E-state index in [9.17, 15) is 0 Å². The molecule has 1 fully saturated rings. The van der Waals surface area contributed by atoms with Crippen molar-refractivity contribution in [2.75, 3.05) is 31.1 Å². The highest BCUT2D eigenvalue weighted by molar-refractivity contribution is 7.99. The number of hydrogen-bond donors (Lipinski definition) is 1. The monoisotopic (exact) mass is 254 g/mol. The molecule has 0 unspecified atom stereocenters. The molecule has 0 saturated carbocycles. The molecule has 0 aliphatic carbocycles. The van der Waals surface area contributed by atoms with Crippen LogP contribution in [0.2, 0.25) is 0 Å². The van der Waals surface area contributed by atoms with Gasteiger partial charge in [0.1, 0.15) is 11.5 Å². The maximum absolute atomic E-state index is 5.76. The minimum atomic E-state index is 0.840. The quantitative estimate of drug-likeness (QED) is 0.872. The summed E-state index contributed by atoms with van der Waals surface area (Å²) in [6.45, 7) is 9.47. The second-order valence-corrected chi connectivity index (χ2v) is 5.69. The maximum Gasteiger partial charge on any atom is 0.118 e. The molecule has 4 heteroatoms. The van der Waals surface area contributed by atoms with Gasteiger partial charge in [0.25, 0.3) is 0 Å². The molecule has 96 valence electrons. The van der Waals surface area contributed by atoms with Crippen LogP contribution in [0.4, 0.5) is 0 Å². The van der Waals surface area contributed by atoms with E-state index in [4.69, 9.17) is 4.42 Å². The van der Waals surface area contributed by atoms with Gasteiger partial charge < -0.3 is 9.73 Å². The molecule has 0 atom stereocenters. The van der Waals surface area contributed by atoms with Crippen molar-refractivity contribution in [1.29, 1.82) is 0 Å². The van der Waals surface area contributed by atoms with Crippen LogP contribution in [0.25, 0.3) is 0 Å². The van der Waals surface area contributed by atoms with Crippen LogP contribution >= 0.6 is 11.8 Å². The van der Waals surface area contributed by atoms with Crippen LogP contribution < -0.4 is 5.32 Å². The molecule has 0 amide bonds. The number of nitrogens with zero attached hydrogens (tertiary/aromatic N) is 1. The van der Waals surface area contributed by atoms with Gasteiger partial charge >= 0.3 is 0 Å². The molecular weight excluding hydrogens is 232 g/mol. The van der Waals surface area contributed by atoms with E-state index in [2.05, 4.69) is 41.9 Å². The molecular formula is C13H22N2OS. The highest BCUT2D eigenvalue weighted by Gasteiger charge is 2.14. The topological polar surface area (TPSA) is 28.4 Å². The van der Waals surface area contributed by atoms with E-state index in [0.29, 0.717) is 0 Å². The molecule has 1 N–H and O–H groups in total. The molecule has 1 aliphatic heterocycles. The number of rotatable bonds is 5. The van der Waals surface area contributed by atoms with Crippen LogP contribution in [-0.2, 0) is 13.1 Å². The van der Waals surface area contributed by atoms with Gasteiger partial charge in [0.05, 0.1) is 6.54 Å². The largest absolute Gasteiger partial charge is 0.465 e. The first-order chi connectivity index (χ1) is 8.29. The van der Waals surface area contributed by atoms with E-state index in [1.807, 2.05) is 0 Å². The first-order valence-corrected chi connectivity index (χ1v) is 7.54. The highest BCUT2D eigenvalue weighted by Crippen LogP contribution is 2.19. The smallest absolute Gasteiger partial charge is 0.118 e. The van der Waals surface area contributed by atoms with Crippen molar-refractivity contribution in [2.45, 2.75) is 26.9 Å². The fourth-order valence-corrected chi connectivity index (χ4v) is 3.06. The molecule has 3 nitrogen and oxygen atoms in total. The van der Waals surface area contributed by atoms with Gasteiger partial charge in [0.15, 0.2) is 0 Å². The lowest BCUT2D eigenvalue weighted by atomic mass is 10.2. The van der Waals surface area contributed by atoms with E-state index in [0.717, 1.165) is 31.2 Å². The SMILES string of the molecule is CCNCc1cc(CN2CCSCC2)c(C)o1. The first-order valence-electron chi connectivity index (χ1n) is 6.38. The fraction of sp³-hybridized carbons (Fsp3) is 0.692. The van der Waals surface area contributed by atoms with Crippen LogP contribution in [0.3, 0.4) is 0 Å². The summed E-state index contributed by atoms with van der Waals surface area (Å²) in [7, 11) is 0. The Labute approximate surface area is 108 Å². The molecule has 1 aliphatic rings. The van der Waals surface area contributed by atoms with E-state index in [1.54, 1.807) is 0 Å². The summed E-state index contributed by atoms with van der Waals surface area (Å²) in [5, 5.41) is 3.30. The van der Waals surface area contributed by atoms with Crippen LogP contribution in [0.5, 0.6) is 0 Å². The first kappa shape index (κ1) is 13.0. The highest BCUT2D eigenvalue weighted by atomic mass is 32.2. The third-order valence-electron chi connectivity index (χ3n) is 3.12. The van der Waals surface area contributed by atoms with Crippen molar-refractivity contribution >= 4 is 11.8 Å². The van der Waals surface area contributed by atoms with Gasteiger partial charge in [-0.05, 0) is 19.5 Å². The van der Waals surface area contributed by atoms with Crippen molar-refractivity contribution in [3.05, 3.63) is 23.2 Å². The zero-order valence-electron chi connectivity index (χ0n) is 10.8. The molecule has 1 aromatic rings. The van der Waals surface area contributed by atoms with Crippen LogP contribution in [0, 0.1) is 6.92 Å². The summed E-state index contributed by atoms with van der Waals surface area (Å²) < 4.78 is 5.76. The zero-order chi connectivity index (χ0) is 12.1. The Bertz CT molecular complexity index is 345. The van der Waals surface area contributed by atoms with Crippen molar-refractivity contribution < 1.29 is 4.42 Å². The summed E-state index contributed by atoms with van der Waals surface area (Å²) in [6, 6.07) is 2.21. The van der Waals surface area contributed by atoms with Gasteiger partial charge in [-0.3, -0.25) is 4.90 Å². The predicted octanol–water partition coefficient (Wildman–Crippen LogP) is 2.25. The van der Waals surface area contributed by atoms with Crippen LogP contribution in [0.1, 0.15) is 24.0 Å². The average Bonchev–Trinajstić information content (AvgIpc) is 2.69. The Kier molecular flexibility index (Phi) is 4.95. The number of aryl methyl sites for hydroxylation is 1. The third kappa shape index (κ3) is 3.76. The van der Waals surface area contributed by atoms with Gasteiger partial charge in [0.2, 0.25) is 0 Å². The Morgan fingerprint density at radius 3 is 2.88 bits per heavy atom. The van der Waals surface area contributed by atoms with E-state index >= 15 is 0 Å². The third-order valence-corrected chi connectivity index (χ3v) is 4.06. The Morgan fingerprint density at radius 1 is 1.41 bits per heavy atom. The van der Waals surface area contributed by atoms with Gasteiger partial charge in [-0.15, -0.1) is 0 Å². The lowest BCUT2D eigenvalue weighted by molar-refractivity contribution is 0.292. The molecule has 0 spiro atoms. The van der Waals surface area contributed by atoms with Gasteiger partial charge in [0, 0.05) is 36.7 Å². The normalized spacial score (nSPS) is 17.5. The minimum Gasteiger partial charge on any atom is -0.465 e. The molecule has 17 heavy (non-hydrogen) atoms. The van der Waals surface area contributed by atoms with Crippen molar-refractivity contribution in [3.8, 4) is 0 Å². The van der Waals surface area contributed by atoms with Crippen molar-refractivity contribution in [1.82, 2.24) is 10.2 Å². The standard InChI is InChI=1S/C13H22N2OS/c1-3-14-9-13-8-12(11(2)16-13)10-15-4-6-17-7-5-15/h8,14H,3-7,9-10H2,1-2H3. The van der Waals surface area contributed by atoms with Gasteiger partial charge in [-0.2, -0.15) is 11.8 Å². The summed E-state index contributed by atoms with van der Waals surface area (Å²) in [6.07, 6.45) is 0. The van der Waals surface area contributed by atoms with Gasteiger partial charge in [-0.25, -0.2) is 0 Å². The second kappa shape index (κ2) is 6.47. The Hall–Kier alpha value is -0.450. The average molecular weight is 254 g/mol. The molecule has 2 rings (SSSR count). The second-order valence-electron chi connectivity index (χ2n) is 4.46. The fourth-order valence-electron chi connectivity index (χ4n) is 2.08. The molecule has 1 saturated heterocycles. The number of thioether (sulfide) groups is 1. The predicted molar refractivity (Wildman–Crippen MR) is 73.4 cm³/mol. The number of furan rings is 1. The number of hydrogen-bond acceptors (Lipinski definition) is 4. The molecule has 0 bridgehead atoms. The Balaban J connectivity index is 1.92. The van der Waals surface area contributed by atoms with E-state index < -0.39 is 0 Å². The molecule has 2 heterocycles. The molecule has 0 aromatic carbocycles. The summed E-state index contributed by atoms with van der Waals surface area (Å²) in [5.74, 6) is 4.67.